The van der Waals surface area contributed by atoms with Crippen LogP contribution in [0.15, 0.2) is 11.6 Å². The first-order valence-electron chi connectivity index (χ1n) is 4.59. The van der Waals surface area contributed by atoms with Crippen LogP contribution in [-0.2, 0) is 0 Å². The van der Waals surface area contributed by atoms with Crippen LogP contribution in [0.4, 0.5) is 0 Å². The number of allylic oxidation sites excluding steroid dienone is 2. The van der Waals surface area contributed by atoms with Gasteiger partial charge in [-0.15, -0.1) is 23.2 Å². The van der Waals surface area contributed by atoms with E-state index in [-0.39, 0.29) is 21.0 Å². The van der Waals surface area contributed by atoms with Crippen LogP contribution in [0.25, 0.3) is 0 Å². The quantitative estimate of drug-likeness (QED) is 0.491. The molecule has 0 fully saturated rings. The van der Waals surface area contributed by atoms with Crippen LogP contribution in [0.1, 0.15) is 20.3 Å². The Kier molecular flexibility index (Phi) is 4.84. The highest BCUT2D eigenvalue weighted by molar-refractivity contribution is 9.09. The predicted octanol–water partition coefficient (Wildman–Crippen LogP) is 4.72. The van der Waals surface area contributed by atoms with E-state index in [2.05, 4.69) is 51.8 Å². The zero-order valence-corrected chi connectivity index (χ0v) is 12.9. The standard InChI is InChI=1S/C10H14Br2Cl2/c1-10(2)8(14)4-3-6(9(10)12)7(13)5-11/h3,7-9H,4-5H2,1-2H3. The van der Waals surface area contributed by atoms with Gasteiger partial charge in [-0.1, -0.05) is 51.8 Å². The molecule has 0 heterocycles. The minimum atomic E-state index is 0.0565. The molecular formula is C10H14Br2Cl2. The lowest BCUT2D eigenvalue weighted by Crippen LogP contribution is -2.40. The molecule has 0 aromatic rings. The Hall–Kier alpha value is 1.28. The van der Waals surface area contributed by atoms with E-state index in [0.717, 1.165) is 11.8 Å². The predicted molar refractivity (Wildman–Crippen MR) is 72.3 cm³/mol. The minimum absolute atomic E-state index is 0.0565. The summed E-state index contributed by atoms with van der Waals surface area (Å²) < 4.78 is 0. The second-order valence-corrected chi connectivity index (χ2v) is 6.83. The first kappa shape index (κ1) is 13.3. The van der Waals surface area contributed by atoms with Crippen molar-refractivity contribution in [2.24, 2.45) is 5.41 Å². The van der Waals surface area contributed by atoms with Gasteiger partial charge in [0.2, 0.25) is 0 Å². The van der Waals surface area contributed by atoms with Crippen molar-refractivity contribution in [2.75, 3.05) is 5.33 Å². The van der Waals surface area contributed by atoms with E-state index < -0.39 is 0 Å². The van der Waals surface area contributed by atoms with Crippen molar-refractivity contribution in [1.82, 2.24) is 0 Å². The Balaban J connectivity index is 2.90. The molecule has 1 aliphatic carbocycles. The van der Waals surface area contributed by atoms with Gasteiger partial charge in [0.1, 0.15) is 0 Å². The molecule has 1 aliphatic rings. The topological polar surface area (TPSA) is 0 Å². The fraction of sp³-hybridized carbons (Fsp3) is 0.800. The number of hydrogen-bond donors (Lipinski definition) is 0. The van der Waals surface area contributed by atoms with E-state index in [9.17, 15) is 0 Å². The maximum atomic E-state index is 6.29. The van der Waals surface area contributed by atoms with Crippen molar-refractivity contribution in [3.8, 4) is 0 Å². The molecule has 0 N–H and O–H groups in total. The van der Waals surface area contributed by atoms with E-state index >= 15 is 0 Å². The zero-order valence-electron chi connectivity index (χ0n) is 8.24. The van der Waals surface area contributed by atoms with Crippen LogP contribution in [0.5, 0.6) is 0 Å². The van der Waals surface area contributed by atoms with E-state index in [1.807, 2.05) is 0 Å². The fourth-order valence-electron chi connectivity index (χ4n) is 1.61. The molecule has 0 radical (unpaired) electrons. The highest BCUT2D eigenvalue weighted by atomic mass is 79.9. The molecule has 1 rings (SSSR count). The third-order valence-electron chi connectivity index (χ3n) is 2.81. The Morgan fingerprint density at radius 2 is 2.21 bits per heavy atom. The van der Waals surface area contributed by atoms with Crippen LogP contribution in [-0.4, -0.2) is 20.9 Å². The number of rotatable bonds is 2. The lowest BCUT2D eigenvalue weighted by molar-refractivity contribution is 0.340. The molecule has 0 saturated heterocycles. The molecular weight excluding hydrogens is 351 g/mol. The van der Waals surface area contributed by atoms with Crippen LogP contribution in [0.3, 0.4) is 0 Å². The van der Waals surface area contributed by atoms with Gasteiger partial charge >= 0.3 is 0 Å². The highest BCUT2D eigenvalue weighted by Crippen LogP contribution is 2.45. The van der Waals surface area contributed by atoms with Crippen molar-refractivity contribution >= 4 is 55.1 Å². The molecule has 0 spiro atoms. The van der Waals surface area contributed by atoms with Gasteiger partial charge in [-0.25, -0.2) is 0 Å². The van der Waals surface area contributed by atoms with Gasteiger partial charge in [0.25, 0.3) is 0 Å². The summed E-state index contributed by atoms with van der Waals surface area (Å²) in [4.78, 5) is 0.270. The van der Waals surface area contributed by atoms with Crippen LogP contribution < -0.4 is 0 Å². The first-order chi connectivity index (χ1) is 6.41. The van der Waals surface area contributed by atoms with Gasteiger partial charge in [-0.3, -0.25) is 0 Å². The average Bonchev–Trinajstić information content (AvgIpc) is 2.14. The molecule has 0 nitrogen and oxygen atoms in total. The van der Waals surface area contributed by atoms with Crippen LogP contribution in [0.2, 0.25) is 0 Å². The summed E-state index contributed by atoms with van der Waals surface area (Å²) in [5.74, 6) is 0. The second-order valence-electron chi connectivity index (χ2n) is 4.21. The smallest absolute Gasteiger partial charge is 0.0653 e. The Morgan fingerprint density at radius 3 is 2.71 bits per heavy atom. The zero-order chi connectivity index (χ0) is 10.9. The molecule has 4 heteroatoms. The molecule has 14 heavy (non-hydrogen) atoms. The lowest BCUT2D eigenvalue weighted by Gasteiger charge is -2.40. The summed E-state index contributed by atoms with van der Waals surface area (Å²) in [6.45, 7) is 4.35. The number of hydrogen-bond acceptors (Lipinski definition) is 0. The molecule has 0 amide bonds. The number of halogens is 4. The van der Waals surface area contributed by atoms with Gasteiger partial charge in [-0.2, -0.15) is 0 Å². The van der Waals surface area contributed by atoms with Crippen molar-refractivity contribution in [3.05, 3.63) is 11.6 Å². The normalized spacial score (nSPS) is 33.7. The molecule has 0 aromatic carbocycles. The van der Waals surface area contributed by atoms with E-state index in [0.29, 0.717) is 0 Å². The SMILES string of the molecule is CC1(C)C(Cl)CC=C(C(Cl)CBr)C1Br. The molecule has 0 saturated carbocycles. The summed E-state index contributed by atoms with van der Waals surface area (Å²) in [5, 5.41) is 1.02. The van der Waals surface area contributed by atoms with Gasteiger partial charge < -0.3 is 0 Å². The number of alkyl halides is 4. The van der Waals surface area contributed by atoms with Gasteiger partial charge in [0, 0.05) is 15.5 Å². The molecule has 82 valence electrons. The van der Waals surface area contributed by atoms with Crippen LogP contribution >= 0.6 is 55.1 Å². The van der Waals surface area contributed by atoms with Crippen molar-refractivity contribution in [2.45, 2.75) is 35.8 Å². The average molecular weight is 365 g/mol. The summed E-state index contributed by atoms with van der Waals surface area (Å²) >= 11 is 19.6. The Bertz CT molecular complexity index is 238. The third-order valence-corrected chi connectivity index (χ3v) is 6.69. The molecule has 0 aromatic heterocycles. The van der Waals surface area contributed by atoms with E-state index in [1.54, 1.807) is 0 Å². The van der Waals surface area contributed by atoms with E-state index in [4.69, 9.17) is 23.2 Å². The molecule has 3 atom stereocenters. The minimum Gasteiger partial charge on any atom is -0.122 e. The summed E-state index contributed by atoms with van der Waals surface area (Å²) in [6.07, 6.45) is 3.07. The van der Waals surface area contributed by atoms with Gasteiger partial charge in [0.15, 0.2) is 0 Å². The summed E-state index contributed by atoms with van der Waals surface area (Å²) in [6, 6.07) is 0. The van der Waals surface area contributed by atoms with Gasteiger partial charge in [-0.05, 0) is 17.4 Å². The first-order valence-corrected chi connectivity index (χ1v) is 7.50. The van der Waals surface area contributed by atoms with Crippen LogP contribution in [0, 0.1) is 5.41 Å². The third kappa shape index (κ3) is 2.50. The van der Waals surface area contributed by atoms with Crippen molar-refractivity contribution < 1.29 is 0 Å². The van der Waals surface area contributed by atoms with Crippen molar-refractivity contribution in [1.29, 1.82) is 0 Å². The second kappa shape index (κ2) is 5.07. The van der Waals surface area contributed by atoms with Crippen molar-refractivity contribution in [3.63, 3.8) is 0 Å². The highest BCUT2D eigenvalue weighted by Gasteiger charge is 2.40. The monoisotopic (exact) mass is 362 g/mol. The maximum Gasteiger partial charge on any atom is 0.0653 e. The maximum absolute atomic E-state index is 6.29. The van der Waals surface area contributed by atoms with E-state index in [1.165, 1.54) is 5.57 Å². The fourth-order valence-corrected chi connectivity index (χ4v) is 3.54. The largest absolute Gasteiger partial charge is 0.122 e. The molecule has 0 aliphatic heterocycles. The summed E-state index contributed by atoms with van der Waals surface area (Å²) in [5.41, 5.74) is 1.31. The summed E-state index contributed by atoms with van der Waals surface area (Å²) in [7, 11) is 0. The molecule has 3 unspecified atom stereocenters. The Labute approximate surface area is 113 Å². The van der Waals surface area contributed by atoms with Gasteiger partial charge in [0.05, 0.1) is 5.38 Å². The Morgan fingerprint density at radius 1 is 1.64 bits per heavy atom. The lowest BCUT2D eigenvalue weighted by atomic mass is 9.76. The molecule has 0 bridgehead atoms.